The van der Waals surface area contributed by atoms with Gasteiger partial charge in [0.15, 0.2) is 6.61 Å². The highest BCUT2D eigenvalue weighted by Gasteiger charge is 2.14. The van der Waals surface area contributed by atoms with Crippen LogP contribution in [0.25, 0.3) is 0 Å². The minimum absolute atomic E-state index is 0.362. The van der Waals surface area contributed by atoms with Crippen molar-refractivity contribution in [3.05, 3.63) is 54.1 Å². The number of ether oxygens (including phenoxy) is 2. The summed E-state index contributed by atoms with van der Waals surface area (Å²) >= 11 is 0. The number of carbonyl (C=O) groups excluding carboxylic acids is 2. The fourth-order valence-electron chi connectivity index (χ4n) is 2.32. The van der Waals surface area contributed by atoms with Crippen LogP contribution >= 0.6 is 0 Å². The van der Waals surface area contributed by atoms with E-state index in [0.29, 0.717) is 22.7 Å². The molecule has 0 saturated heterocycles. The number of unbranched alkanes of at least 4 members (excludes halogenated alkanes) is 1. The maximum atomic E-state index is 12.3. The Hall–Kier alpha value is -3.02. The summed E-state index contributed by atoms with van der Waals surface area (Å²) in [6.45, 7) is 2.51. The number of methoxy groups -OCH3 is 1. The number of carbonyl (C=O) groups is 2. The van der Waals surface area contributed by atoms with Crippen LogP contribution in [0.15, 0.2) is 48.5 Å². The van der Waals surface area contributed by atoms with Crippen molar-refractivity contribution in [2.75, 3.05) is 30.9 Å². The lowest BCUT2D eigenvalue weighted by Gasteiger charge is -2.11. The van der Waals surface area contributed by atoms with E-state index in [4.69, 9.17) is 9.47 Å². The molecule has 6 nitrogen and oxygen atoms in total. The smallest absolute Gasteiger partial charge is 0.340 e. The van der Waals surface area contributed by atoms with Crippen molar-refractivity contribution < 1.29 is 19.1 Å². The van der Waals surface area contributed by atoms with Gasteiger partial charge < -0.3 is 20.1 Å². The van der Waals surface area contributed by atoms with Gasteiger partial charge in [-0.3, -0.25) is 4.79 Å². The molecule has 2 aromatic carbocycles. The number of rotatable bonds is 9. The minimum atomic E-state index is -0.537. The van der Waals surface area contributed by atoms with E-state index in [9.17, 15) is 9.59 Å². The van der Waals surface area contributed by atoms with Crippen LogP contribution in [0.3, 0.4) is 0 Å². The van der Waals surface area contributed by atoms with E-state index in [1.165, 1.54) is 0 Å². The summed E-state index contributed by atoms with van der Waals surface area (Å²) < 4.78 is 10.2. The van der Waals surface area contributed by atoms with Gasteiger partial charge in [0.2, 0.25) is 0 Å². The van der Waals surface area contributed by atoms with Gasteiger partial charge in [0.25, 0.3) is 5.91 Å². The average Bonchev–Trinajstić information content (AvgIpc) is 2.67. The average molecular weight is 356 g/mol. The van der Waals surface area contributed by atoms with E-state index in [0.717, 1.165) is 19.4 Å². The molecule has 0 fully saturated rings. The van der Waals surface area contributed by atoms with E-state index < -0.39 is 11.9 Å². The van der Waals surface area contributed by atoms with Crippen molar-refractivity contribution in [2.45, 2.75) is 19.8 Å². The molecule has 2 N–H and O–H groups in total. The highest BCUT2D eigenvalue weighted by Crippen LogP contribution is 2.18. The number of amides is 1. The van der Waals surface area contributed by atoms with Gasteiger partial charge in [-0.25, -0.2) is 4.79 Å². The molecule has 0 aliphatic rings. The van der Waals surface area contributed by atoms with Gasteiger partial charge in [0.1, 0.15) is 5.75 Å². The molecule has 2 aromatic rings. The number of para-hydroxylation sites is 1. The summed E-state index contributed by atoms with van der Waals surface area (Å²) in [5.41, 5.74) is 1.70. The zero-order valence-electron chi connectivity index (χ0n) is 15.1. The maximum Gasteiger partial charge on any atom is 0.340 e. The molecule has 0 atom stereocenters. The van der Waals surface area contributed by atoms with Gasteiger partial charge in [-0.2, -0.15) is 0 Å². The summed E-state index contributed by atoms with van der Waals surface area (Å²) in [5, 5.41) is 5.89. The standard InChI is InChI=1S/C20H24N2O4/c1-3-4-12-21-18-11-6-5-10-17(18)20(24)26-14-19(23)22-15-8-7-9-16(13-15)25-2/h5-11,13,21H,3-4,12,14H2,1-2H3,(H,22,23). The van der Waals surface area contributed by atoms with Crippen LogP contribution in [0.2, 0.25) is 0 Å². The van der Waals surface area contributed by atoms with Crippen molar-refractivity contribution in [1.29, 1.82) is 0 Å². The third-order valence-corrected chi connectivity index (χ3v) is 3.68. The molecule has 2 rings (SSSR count). The number of hydrogen-bond donors (Lipinski definition) is 2. The summed E-state index contributed by atoms with van der Waals surface area (Å²) in [4.78, 5) is 24.3. The molecule has 0 aliphatic carbocycles. The summed E-state index contributed by atoms with van der Waals surface area (Å²) in [7, 11) is 1.55. The van der Waals surface area contributed by atoms with Gasteiger partial charge in [-0.15, -0.1) is 0 Å². The first-order valence-corrected chi connectivity index (χ1v) is 8.58. The molecule has 1 amide bonds. The topological polar surface area (TPSA) is 76.7 Å². The lowest BCUT2D eigenvalue weighted by molar-refractivity contribution is -0.119. The van der Waals surface area contributed by atoms with Crippen molar-refractivity contribution in [2.24, 2.45) is 0 Å². The largest absolute Gasteiger partial charge is 0.497 e. The van der Waals surface area contributed by atoms with Gasteiger partial charge in [-0.05, 0) is 30.7 Å². The molecule has 0 heterocycles. The van der Waals surface area contributed by atoms with Crippen LogP contribution in [-0.2, 0) is 9.53 Å². The van der Waals surface area contributed by atoms with Gasteiger partial charge in [0.05, 0.1) is 12.7 Å². The second-order valence-corrected chi connectivity index (χ2v) is 5.68. The Morgan fingerprint density at radius 1 is 1.08 bits per heavy atom. The van der Waals surface area contributed by atoms with Gasteiger partial charge in [-0.1, -0.05) is 31.5 Å². The molecular formula is C20H24N2O4. The molecule has 0 radical (unpaired) electrons. The summed E-state index contributed by atoms with van der Waals surface area (Å²) in [6, 6.07) is 14.1. The van der Waals surface area contributed by atoms with Crippen molar-refractivity contribution >= 4 is 23.3 Å². The lowest BCUT2D eigenvalue weighted by atomic mass is 10.1. The van der Waals surface area contributed by atoms with Crippen LogP contribution in [0.5, 0.6) is 5.75 Å². The molecule has 0 spiro atoms. The van der Waals surface area contributed by atoms with Crippen molar-refractivity contribution in [3.63, 3.8) is 0 Å². The van der Waals surface area contributed by atoms with Crippen LogP contribution < -0.4 is 15.4 Å². The number of esters is 1. The highest BCUT2D eigenvalue weighted by molar-refractivity contribution is 5.98. The predicted octanol–water partition coefficient (Wildman–Crippen LogP) is 3.70. The summed E-state index contributed by atoms with van der Waals surface area (Å²) in [6.07, 6.45) is 2.07. The Kier molecular flexibility index (Phi) is 7.49. The highest BCUT2D eigenvalue weighted by atomic mass is 16.5. The molecule has 0 bridgehead atoms. The first kappa shape index (κ1) is 19.3. The Balaban J connectivity index is 1.90. The van der Waals surface area contributed by atoms with Gasteiger partial charge >= 0.3 is 5.97 Å². The number of anilines is 2. The number of hydrogen-bond acceptors (Lipinski definition) is 5. The molecule has 138 valence electrons. The first-order chi connectivity index (χ1) is 12.6. The zero-order chi connectivity index (χ0) is 18.8. The SMILES string of the molecule is CCCCNc1ccccc1C(=O)OCC(=O)Nc1cccc(OC)c1. The van der Waals surface area contributed by atoms with Crippen LogP contribution in [0, 0.1) is 0 Å². The molecule has 26 heavy (non-hydrogen) atoms. The number of nitrogens with one attached hydrogen (secondary N) is 2. The predicted molar refractivity (Wildman–Crippen MR) is 102 cm³/mol. The quantitative estimate of drug-likeness (QED) is 0.529. The fourth-order valence-corrected chi connectivity index (χ4v) is 2.32. The third-order valence-electron chi connectivity index (χ3n) is 3.68. The van der Waals surface area contributed by atoms with Crippen LogP contribution in [0.1, 0.15) is 30.1 Å². The monoisotopic (exact) mass is 356 g/mol. The third kappa shape index (κ3) is 5.81. The number of benzene rings is 2. The van der Waals surface area contributed by atoms with Crippen LogP contribution in [0.4, 0.5) is 11.4 Å². The Bertz CT molecular complexity index is 746. The molecule has 0 aliphatic heterocycles. The van der Waals surface area contributed by atoms with E-state index in [1.54, 1.807) is 43.5 Å². The van der Waals surface area contributed by atoms with E-state index >= 15 is 0 Å². The van der Waals surface area contributed by atoms with Gasteiger partial charge in [0, 0.05) is 24.0 Å². The van der Waals surface area contributed by atoms with Crippen molar-refractivity contribution in [3.8, 4) is 5.75 Å². The van der Waals surface area contributed by atoms with E-state index in [-0.39, 0.29) is 6.61 Å². The molecule has 0 saturated carbocycles. The zero-order valence-corrected chi connectivity index (χ0v) is 15.1. The Morgan fingerprint density at radius 2 is 1.88 bits per heavy atom. The lowest BCUT2D eigenvalue weighted by Crippen LogP contribution is -2.21. The maximum absolute atomic E-state index is 12.3. The summed E-state index contributed by atoms with van der Waals surface area (Å²) in [5.74, 6) is -0.319. The molecule has 0 unspecified atom stereocenters. The normalized spacial score (nSPS) is 10.1. The minimum Gasteiger partial charge on any atom is -0.497 e. The molecule has 0 aromatic heterocycles. The second-order valence-electron chi connectivity index (χ2n) is 5.68. The van der Waals surface area contributed by atoms with E-state index in [2.05, 4.69) is 17.6 Å². The Morgan fingerprint density at radius 3 is 2.65 bits per heavy atom. The van der Waals surface area contributed by atoms with Crippen LogP contribution in [-0.4, -0.2) is 32.1 Å². The first-order valence-electron chi connectivity index (χ1n) is 8.58. The Labute approximate surface area is 153 Å². The van der Waals surface area contributed by atoms with Crippen molar-refractivity contribution in [1.82, 2.24) is 0 Å². The molecular weight excluding hydrogens is 332 g/mol. The second kappa shape index (κ2) is 10.1. The fraction of sp³-hybridized carbons (Fsp3) is 0.300. The molecule has 6 heteroatoms. The van der Waals surface area contributed by atoms with E-state index in [1.807, 2.05) is 12.1 Å².